The fraction of sp³-hybridized carbons (Fsp3) is 0.250. The molecule has 0 saturated heterocycles. The minimum absolute atomic E-state index is 0.705. The maximum Gasteiger partial charge on any atom is 0.119 e. The summed E-state index contributed by atoms with van der Waals surface area (Å²) in [4.78, 5) is 0. The predicted molar refractivity (Wildman–Crippen MR) is 81.2 cm³/mol. The molecule has 19 heavy (non-hydrogen) atoms. The Morgan fingerprint density at radius 2 is 1.89 bits per heavy atom. The molecule has 0 atom stereocenters. The molecular formula is C16H18ClNO. The highest BCUT2D eigenvalue weighted by Crippen LogP contribution is 2.15. The van der Waals surface area contributed by atoms with E-state index in [0.717, 1.165) is 29.4 Å². The maximum atomic E-state index is 5.91. The van der Waals surface area contributed by atoms with Crippen molar-refractivity contribution in [3.05, 3.63) is 59.1 Å². The molecule has 0 aromatic heterocycles. The molecule has 2 aromatic rings. The van der Waals surface area contributed by atoms with E-state index in [4.69, 9.17) is 16.3 Å². The first-order valence-electron chi connectivity index (χ1n) is 6.43. The van der Waals surface area contributed by atoms with E-state index in [1.165, 1.54) is 5.56 Å². The van der Waals surface area contributed by atoms with Crippen molar-refractivity contribution in [3.63, 3.8) is 0 Å². The summed E-state index contributed by atoms with van der Waals surface area (Å²) in [5, 5.41) is 4.07. The summed E-state index contributed by atoms with van der Waals surface area (Å²) in [5.74, 6) is 0.924. The first kappa shape index (κ1) is 13.8. The van der Waals surface area contributed by atoms with Crippen LogP contribution < -0.4 is 10.1 Å². The number of nitrogens with one attached hydrogen (secondary N) is 1. The highest BCUT2D eigenvalue weighted by Gasteiger charge is 1.95. The zero-order valence-corrected chi connectivity index (χ0v) is 11.8. The minimum Gasteiger partial charge on any atom is -0.494 e. The van der Waals surface area contributed by atoms with E-state index in [9.17, 15) is 0 Å². The van der Waals surface area contributed by atoms with Gasteiger partial charge in [-0.05, 0) is 43.7 Å². The fourth-order valence-corrected chi connectivity index (χ4v) is 1.92. The monoisotopic (exact) mass is 275 g/mol. The first-order chi connectivity index (χ1) is 9.24. The zero-order chi connectivity index (χ0) is 13.5. The molecule has 0 heterocycles. The van der Waals surface area contributed by atoms with Gasteiger partial charge in [-0.3, -0.25) is 0 Å². The molecule has 0 aliphatic heterocycles. The average Bonchev–Trinajstić information content (AvgIpc) is 2.41. The van der Waals surface area contributed by atoms with Gasteiger partial charge < -0.3 is 10.1 Å². The summed E-state index contributed by atoms with van der Waals surface area (Å²) < 4.78 is 5.66. The molecule has 0 unspecified atom stereocenters. The molecule has 0 aliphatic carbocycles. The van der Waals surface area contributed by atoms with E-state index >= 15 is 0 Å². The largest absolute Gasteiger partial charge is 0.494 e. The van der Waals surface area contributed by atoms with Crippen LogP contribution in [0.1, 0.15) is 12.0 Å². The molecule has 0 saturated carbocycles. The zero-order valence-electron chi connectivity index (χ0n) is 11.0. The summed E-state index contributed by atoms with van der Waals surface area (Å²) >= 11 is 5.91. The van der Waals surface area contributed by atoms with Gasteiger partial charge >= 0.3 is 0 Å². The van der Waals surface area contributed by atoms with Gasteiger partial charge in [-0.15, -0.1) is 0 Å². The number of aryl methyl sites for hydroxylation is 1. The second-order valence-electron chi connectivity index (χ2n) is 4.45. The lowest BCUT2D eigenvalue weighted by Crippen LogP contribution is -2.07. The van der Waals surface area contributed by atoms with Crippen LogP contribution in [0.5, 0.6) is 5.75 Å². The summed E-state index contributed by atoms with van der Waals surface area (Å²) in [6.07, 6.45) is 0.945. The number of ether oxygens (including phenoxy) is 1. The minimum atomic E-state index is 0.705. The number of rotatable bonds is 6. The van der Waals surface area contributed by atoms with Gasteiger partial charge in [-0.25, -0.2) is 0 Å². The molecule has 3 heteroatoms. The van der Waals surface area contributed by atoms with E-state index in [1.807, 2.05) is 36.4 Å². The van der Waals surface area contributed by atoms with Crippen LogP contribution in [0.3, 0.4) is 0 Å². The highest BCUT2D eigenvalue weighted by atomic mass is 35.5. The number of hydrogen-bond donors (Lipinski definition) is 1. The van der Waals surface area contributed by atoms with Crippen LogP contribution in [0.2, 0.25) is 5.02 Å². The number of anilines is 1. The third-order valence-corrected chi connectivity index (χ3v) is 3.00. The Morgan fingerprint density at radius 3 is 2.63 bits per heavy atom. The molecular weight excluding hydrogens is 258 g/mol. The van der Waals surface area contributed by atoms with Crippen molar-refractivity contribution in [2.45, 2.75) is 13.3 Å². The predicted octanol–water partition coefficient (Wildman–Crippen LogP) is 4.53. The van der Waals surface area contributed by atoms with Crippen molar-refractivity contribution < 1.29 is 4.74 Å². The van der Waals surface area contributed by atoms with Gasteiger partial charge in [0.1, 0.15) is 5.75 Å². The quantitative estimate of drug-likeness (QED) is 0.782. The summed E-state index contributed by atoms with van der Waals surface area (Å²) in [6.45, 7) is 3.64. The summed E-state index contributed by atoms with van der Waals surface area (Å²) in [5.41, 5.74) is 2.29. The first-order valence-corrected chi connectivity index (χ1v) is 6.81. The highest BCUT2D eigenvalue weighted by molar-refractivity contribution is 6.30. The van der Waals surface area contributed by atoms with Crippen molar-refractivity contribution in [2.24, 2.45) is 0 Å². The molecule has 100 valence electrons. The second-order valence-corrected chi connectivity index (χ2v) is 4.89. The normalized spacial score (nSPS) is 10.2. The van der Waals surface area contributed by atoms with Crippen LogP contribution in [-0.2, 0) is 0 Å². The Hall–Kier alpha value is -1.67. The fourth-order valence-electron chi connectivity index (χ4n) is 1.73. The van der Waals surface area contributed by atoms with Crippen LogP contribution >= 0.6 is 11.6 Å². The number of halogens is 1. The number of benzene rings is 2. The van der Waals surface area contributed by atoms with Gasteiger partial charge in [0.05, 0.1) is 6.61 Å². The van der Waals surface area contributed by atoms with E-state index in [1.54, 1.807) is 0 Å². The number of hydrogen-bond acceptors (Lipinski definition) is 2. The second kappa shape index (κ2) is 7.05. The van der Waals surface area contributed by atoms with Gasteiger partial charge in [0.2, 0.25) is 0 Å². The van der Waals surface area contributed by atoms with Gasteiger partial charge in [0.25, 0.3) is 0 Å². The molecule has 0 fully saturated rings. The van der Waals surface area contributed by atoms with Crippen molar-refractivity contribution in [1.29, 1.82) is 0 Å². The Bertz CT molecular complexity index is 510. The molecule has 0 radical (unpaired) electrons. The molecule has 0 bridgehead atoms. The topological polar surface area (TPSA) is 21.3 Å². The van der Waals surface area contributed by atoms with Gasteiger partial charge in [-0.1, -0.05) is 35.4 Å². The van der Waals surface area contributed by atoms with Crippen LogP contribution in [-0.4, -0.2) is 13.2 Å². The van der Waals surface area contributed by atoms with Crippen LogP contribution in [0.25, 0.3) is 0 Å². The average molecular weight is 276 g/mol. The van der Waals surface area contributed by atoms with Crippen molar-refractivity contribution >= 4 is 17.3 Å². The lowest BCUT2D eigenvalue weighted by Gasteiger charge is -2.08. The van der Waals surface area contributed by atoms with E-state index < -0.39 is 0 Å². The van der Waals surface area contributed by atoms with Crippen molar-refractivity contribution in [3.8, 4) is 5.75 Å². The summed E-state index contributed by atoms with van der Waals surface area (Å²) in [7, 11) is 0. The summed E-state index contributed by atoms with van der Waals surface area (Å²) in [6, 6.07) is 15.8. The molecule has 1 N–H and O–H groups in total. The molecule has 0 amide bonds. The smallest absolute Gasteiger partial charge is 0.119 e. The maximum absolute atomic E-state index is 5.91. The van der Waals surface area contributed by atoms with Crippen molar-refractivity contribution in [1.82, 2.24) is 0 Å². The molecule has 2 aromatic carbocycles. The van der Waals surface area contributed by atoms with E-state index in [0.29, 0.717) is 6.61 Å². The lowest BCUT2D eigenvalue weighted by molar-refractivity contribution is 0.315. The van der Waals surface area contributed by atoms with Gasteiger partial charge in [0, 0.05) is 17.3 Å². The Kier molecular flexibility index (Phi) is 5.10. The Labute approximate surface area is 119 Å². The van der Waals surface area contributed by atoms with Crippen molar-refractivity contribution in [2.75, 3.05) is 18.5 Å². The lowest BCUT2D eigenvalue weighted by atomic mass is 10.2. The van der Waals surface area contributed by atoms with Gasteiger partial charge in [-0.2, -0.15) is 0 Å². The Morgan fingerprint density at radius 1 is 1.11 bits per heavy atom. The third kappa shape index (κ3) is 4.84. The van der Waals surface area contributed by atoms with E-state index in [2.05, 4.69) is 24.4 Å². The van der Waals surface area contributed by atoms with Crippen LogP contribution in [0.15, 0.2) is 48.5 Å². The SMILES string of the molecule is Cc1ccc(OCCCNc2cccc(Cl)c2)cc1. The van der Waals surface area contributed by atoms with Crippen LogP contribution in [0.4, 0.5) is 5.69 Å². The van der Waals surface area contributed by atoms with Gasteiger partial charge in [0.15, 0.2) is 0 Å². The molecule has 0 spiro atoms. The molecule has 2 nitrogen and oxygen atoms in total. The van der Waals surface area contributed by atoms with E-state index in [-0.39, 0.29) is 0 Å². The molecule has 0 aliphatic rings. The Balaban J connectivity index is 1.66. The standard InChI is InChI=1S/C16H18ClNO/c1-13-6-8-16(9-7-13)19-11-3-10-18-15-5-2-4-14(17)12-15/h2,4-9,12,18H,3,10-11H2,1H3. The van der Waals surface area contributed by atoms with Crippen LogP contribution in [0, 0.1) is 6.92 Å². The molecule has 2 rings (SSSR count). The third-order valence-electron chi connectivity index (χ3n) is 2.76.